The molecule has 0 radical (unpaired) electrons. The minimum absolute atomic E-state index is 0.130. The molecule has 1 aliphatic rings. The smallest absolute Gasteiger partial charge is 0.220 e. The highest BCUT2D eigenvalue weighted by molar-refractivity contribution is 5.76. The number of carbonyl (C=O) groups is 1. The van der Waals surface area contributed by atoms with Gasteiger partial charge < -0.3 is 15.2 Å². The molecule has 2 unspecified atom stereocenters. The van der Waals surface area contributed by atoms with Crippen molar-refractivity contribution in [2.75, 3.05) is 13.2 Å². The molecular formula is C15H19F2NO3. The molecule has 2 N–H and O–H groups in total. The van der Waals surface area contributed by atoms with E-state index >= 15 is 0 Å². The highest BCUT2D eigenvalue weighted by Crippen LogP contribution is 2.24. The molecule has 0 aromatic heterocycles. The molecule has 2 rings (SSSR count). The Morgan fingerprint density at radius 3 is 2.86 bits per heavy atom. The first kappa shape index (κ1) is 15.9. The maximum absolute atomic E-state index is 13.0. The predicted octanol–water partition coefficient (Wildman–Crippen LogP) is 1.55. The number of amides is 1. The number of ether oxygens (including phenoxy) is 1. The van der Waals surface area contributed by atoms with Gasteiger partial charge in [-0.1, -0.05) is 6.07 Å². The molecule has 1 saturated heterocycles. The number of rotatable bonds is 5. The van der Waals surface area contributed by atoms with Gasteiger partial charge in [0.05, 0.1) is 6.10 Å². The topological polar surface area (TPSA) is 58.6 Å². The van der Waals surface area contributed by atoms with Crippen molar-refractivity contribution in [1.29, 1.82) is 0 Å². The summed E-state index contributed by atoms with van der Waals surface area (Å²) in [6, 6.07) is 3.58. The van der Waals surface area contributed by atoms with Crippen LogP contribution in [0.2, 0.25) is 0 Å². The van der Waals surface area contributed by atoms with Crippen molar-refractivity contribution < 1.29 is 23.4 Å². The van der Waals surface area contributed by atoms with Crippen LogP contribution in [0.25, 0.3) is 0 Å². The summed E-state index contributed by atoms with van der Waals surface area (Å²) in [5, 5.41) is 12.9. The van der Waals surface area contributed by atoms with Crippen LogP contribution in [0.3, 0.4) is 0 Å². The molecule has 0 saturated carbocycles. The summed E-state index contributed by atoms with van der Waals surface area (Å²) in [7, 11) is 0. The number of benzene rings is 1. The van der Waals surface area contributed by atoms with Crippen molar-refractivity contribution in [3.63, 3.8) is 0 Å². The van der Waals surface area contributed by atoms with E-state index in [1.807, 2.05) is 0 Å². The summed E-state index contributed by atoms with van der Waals surface area (Å²) < 4.78 is 31.1. The van der Waals surface area contributed by atoms with Crippen molar-refractivity contribution in [3.8, 4) is 0 Å². The van der Waals surface area contributed by atoms with Crippen LogP contribution in [0.1, 0.15) is 25.3 Å². The average Bonchev–Trinajstić information content (AvgIpc) is 2.78. The minimum atomic E-state index is -1.03. The van der Waals surface area contributed by atoms with E-state index < -0.39 is 17.2 Å². The van der Waals surface area contributed by atoms with Gasteiger partial charge in [0.25, 0.3) is 0 Å². The first-order valence-electron chi connectivity index (χ1n) is 6.95. The van der Waals surface area contributed by atoms with Gasteiger partial charge in [-0.2, -0.15) is 0 Å². The summed E-state index contributed by atoms with van der Waals surface area (Å²) in [5.74, 6) is -2.06. The molecule has 1 fully saturated rings. The van der Waals surface area contributed by atoms with Gasteiger partial charge >= 0.3 is 0 Å². The molecule has 116 valence electrons. The van der Waals surface area contributed by atoms with Crippen LogP contribution >= 0.6 is 0 Å². The third-order valence-corrected chi connectivity index (χ3v) is 3.88. The Morgan fingerprint density at radius 2 is 2.24 bits per heavy atom. The number of aryl methyl sites for hydroxylation is 1. The van der Waals surface area contributed by atoms with E-state index in [-0.39, 0.29) is 25.0 Å². The van der Waals surface area contributed by atoms with E-state index in [0.717, 1.165) is 12.1 Å². The number of nitrogens with one attached hydrogen (secondary N) is 1. The second-order valence-corrected chi connectivity index (χ2v) is 5.39. The molecule has 1 aromatic carbocycles. The number of carbonyl (C=O) groups excluding carboxylic acids is 1. The zero-order chi connectivity index (χ0) is 15.5. The molecule has 4 nitrogen and oxygen atoms in total. The molecule has 2 atom stereocenters. The lowest BCUT2D eigenvalue weighted by molar-refractivity contribution is -0.122. The molecule has 1 aromatic rings. The molecule has 0 bridgehead atoms. The number of halogens is 2. The zero-order valence-corrected chi connectivity index (χ0v) is 11.9. The number of hydrogen-bond acceptors (Lipinski definition) is 3. The van der Waals surface area contributed by atoms with Gasteiger partial charge in [0.2, 0.25) is 5.91 Å². The van der Waals surface area contributed by atoms with Gasteiger partial charge in [-0.3, -0.25) is 4.79 Å². The van der Waals surface area contributed by atoms with Crippen molar-refractivity contribution in [2.24, 2.45) is 0 Å². The highest BCUT2D eigenvalue weighted by atomic mass is 19.2. The molecular weight excluding hydrogens is 280 g/mol. The van der Waals surface area contributed by atoms with Crippen molar-refractivity contribution in [1.82, 2.24) is 5.32 Å². The number of aliphatic hydroxyl groups is 1. The van der Waals surface area contributed by atoms with E-state index in [1.54, 1.807) is 6.92 Å². The first-order chi connectivity index (χ1) is 9.90. The normalized spacial score (nSPS) is 25.0. The maximum Gasteiger partial charge on any atom is 0.220 e. The fraction of sp³-hybridized carbons (Fsp3) is 0.533. The molecule has 1 amide bonds. The van der Waals surface area contributed by atoms with Crippen molar-refractivity contribution in [3.05, 3.63) is 35.4 Å². The summed E-state index contributed by atoms with van der Waals surface area (Å²) in [5.41, 5.74) is -0.474. The Balaban J connectivity index is 1.78. The SMILES string of the molecule is CC1OCCC1(O)CNC(=O)CCc1ccc(F)c(F)c1. The monoisotopic (exact) mass is 299 g/mol. The Labute approximate surface area is 122 Å². The molecule has 6 heteroatoms. The van der Waals surface area contributed by atoms with E-state index in [0.29, 0.717) is 25.0 Å². The van der Waals surface area contributed by atoms with E-state index in [4.69, 9.17) is 4.74 Å². The Kier molecular flexibility index (Phi) is 4.90. The zero-order valence-electron chi connectivity index (χ0n) is 11.9. The largest absolute Gasteiger partial charge is 0.385 e. The van der Waals surface area contributed by atoms with Gasteiger partial charge in [0, 0.05) is 26.0 Å². The van der Waals surface area contributed by atoms with Crippen LogP contribution in [0.5, 0.6) is 0 Å². The summed E-state index contributed by atoms with van der Waals surface area (Å²) >= 11 is 0. The lowest BCUT2D eigenvalue weighted by Crippen LogP contribution is -2.47. The molecule has 0 spiro atoms. The van der Waals surface area contributed by atoms with Gasteiger partial charge in [0.15, 0.2) is 11.6 Å². The van der Waals surface area contributed by atoms with E-state index in [1.165, 1.54) is 6.07 Å². The Hall–Kier alpha value is -1.53. The Morgan fingerprint density at radius 1 is 1.48 bits per heavy atom. The van der Waals surface area contributed by atoms with Crippen molar-refractivity contribution in [2.45, 2.75) is 37.9 Å². The summed E-state index contributed by atoms with van der Waals surface area (Å²) in [4.78, 5) is 11.7. The van der Waals surface area contributed by atoms with Crippen LogP contribution in [0.4, 0.5) is 8.78 Å². The van der Waals surface area contributed by atoms with E-state index in [9.17, 15) is 18.7 Å². The first-order valence-corrected chi connectivity index (χ1v) is 6.95. The second-order valence-electron chi connectivity index (χ2n) is 5.39. The van der Waals surface area contributed by atoms with Crippen LogP contribution in [-0.4, -0.2) is 35.9 Å². The minimum Gasteiger partial charge on any atom is -0.385 e. The molecule has 1 aliphatic heterocycles. The Bertz CT molecular complexity index is 524. The van der Waals surface area contributed by atoms with Gasteiger partial charge in [-0.05, 0) is 31.0 Å². The van der Waals surface area contributed by atoms with Crippen molar-refractivity contribution >= 4 is 5.91 Å². The van der Waals surface area contributed by atoms with Gasteiger partial charge in [0.1, 0.15) is 5.60 Å². The lowest BCUT2D eigenvalue weighted by atomic mass is 9.96. The van der Waals surface area contributed by atoms with E-state index in [2.05, 4.69) is 5.32 Å². The molecule has 21 heavy (non-hydrogen) atoms. The fourth-order valence-electron chi connectivity index (χ4n) is 2.30. The summed E-state index contributed by atoms with van der Waals surface area (Å²) in [6.45, 7) is 2.37. The number of hydrogen-bond donors (Lipinski definition) is 2. The highest BCUT2D eigenvalue weighted by Gasteiger charge is 2.39. The van der Waals surface area contributed by atoms with Gasteiger partial charge in [-0.25, -0.2) is 8.78 Å². The predicted molar refractivity (Wildman–Crippen MR) is 72.7 cm³/mol. The standard InChI is InChI=1S/C15H19F2NO3/c1-10-15(20,6-7-21-10)9-18-14(19)5-3-11-2-4-12(16)13(17)8-11/h2,4,8,10,20H,3,5-7,9H2,1H3,(H,18,19). The van der Waals surface area contributed by atoms with Crippen LogP contribution in [0, 0.1) is 11.6 Å². The lowest BCUT2D eigenvalue weighted by Gasteiger charge is -2.26. The van der Waals surface area contributed by atoms with Crippen LogP contribution < -0.4 is 5.32 Å². The quantitative estimate of drug-likeness (QED) is 0.867. The second kappa shape index (κ2) is 6.49. The average molecular weight is 299 g/mol. The molecule has 0 aliphatic carbocycles. The van der Waals surface area contributed by atoms with Crippen LogP contribution in [0.15, 0.2) is 18.2 Å². The summed E-state index contributed by atoms with van der Waals surface area (Å²) in [6.07, 6.45) is 0.630. The van der Waals surface area contributed by atoms with Gasteiger partial charge in [-0.15, -0.1) is 0 Å². The molecule has 1 heterocycles. The third-order valence-electron chi connectivity index (χ3n) is 3.88. The maximum atomic E-state index is 13.0. The third kappa shape index (κ3) is 3.98. The fourth-order valence-corrected chi connectivity index (χ4v) is 2.30. The van der Waals surface area contributed by atoms with Crippen LogP contribution in [-0.2, 0) is 16.0 Å².